The van der Waals surface area contributed by atoms with E-state index in [9.17, 15) is 0 Å². The number of allylic oxidation sites excluding steroid dienone is 2. The van der Waals surface area contributed by atoms with Gasteiger partial charge < -0.3 is 14.9 Å². The molecule has 1 radical (unpaired) electrons. The van der Waals surface area contributed by atoms with Crippen LogP contribution in [0.15, 0.2) is 11.1 Å². The van der Waals surface area contributed by atoms with Gasteiger partial charge in [0.2, 0.25) is 0 Å². The van der Waals surface area contributed by atoms with Crippen molar-refractivity contribution >= 4 is 14.0 Å². The van der Waals surface area contributed by atoms with E-state index in [1.165, 1.54) is 19.4 Å². The molecule has 0 aromatic carbocycles. The fraction of sp³-hybridized carbons (Fsp3) is 0.500. The first kappa shape index (κ1) is 18.4. The zero-order valence-corrected chi connectivity index (χ0v) is 11.4. The van der Waals surface area contributed by atoms with Crippen LogP contribution in [0.3, 0.4) is 0 Å². The molecule has 0 atom stereocenters. The second kappa shape index (κ2) is 6.14. The van der Waals surface area contributed by atoms with Gasteiger partial charge in [0.25, 0.3) is 0 Å². The van der Waals surface area contributed by atoms with Crippen LogP contribution in [0.2, 0.25) is 0 Å². The zero-order chi connectivity index (χ0) is 7.07. The quantitative estimate of drug-likeness (QED) is 0.330. The summed E-state index contributed by atoms with van der Waals surface area (Å²) in [5, 5.41) is 0.365. The maximum Gasteiger partial charge on any atom is 3.00 e. The van der Waals surface area contributed by atoms with Crippen molar-refractivity contribution in [3.63, 3.8) is 0 Å². The van der Waals surface area contributed by atoms with E-state index >= 15 is 0 Å². The molecule has 1 aliphatic rings. The first-order valence-corrected chi connectivity index (χ1v) is 4.09. The topological polar surface area (TPSA) is 0 Å². The summed E-state index contributed by atoms with van der Waals surface area (Å²) in [6, 6.07) is 0. The van der Waals surface area contributed by atoms with E-state index in [0.29, 0.717) is 5.16 Å². The Labute approximate surface area is 94.5 Å². The molecule has 0 N–H and O–H groups in total. The molecule has 2 heteroatoms. The molecule has 1 heterocycles. The molecule has 0 nitrogen and oxygen atoms in total. The minimum atomic E-state index is 0. The molecule has 0 amide bonds. The van der Waals surface area contributed by atoms with Crippen LogP contribution < -0.4 is 0 Å². The van der Waals surface area contributed by atoms with Crippen molar-refractivity contribution in [3.05, 3.63) is 26.0 Å². The van der Waals surface area contributed by atoms with Gasteiger partial charge in [0, 0.05) is 0 Å². The summed E-state index contributed by atoms with van der Waals surface area (Å²) >= 11 is 0. The summed E-state index contributed by atoms with van der Waals surface area (Å²) < 4.78 is 0. The summed E-state index contributed by atoms with van der Waals surface area (Å²) in [6.45, 7) is 8.85. The van der Waals surface area contributed by atoms with Gasteiger partial charge >= 0.3 is 21.7 Å². The van der Waals surface area contributed by atoms with Crippen LogP contribution in [-0.2, 0) is 21.7 Å². The van der Waals surface area contributed by atoms with Gasteiger partial charge in [-0.2, -0.15) is 0 Å². The van der Waals surface area contributed by atoms with Crippen LogP contribution in [0.4, 0.5) is 0 Å². The zero-order valence-electron chi connectivity index (χ0n) is 8.95. The Morgan fingerprint density at radius 3 is 1.67 bits per heavy atom. The Bertz CT molecular complexity index is 190. The molecule has 0 aromatic heterocycles. The smallest absolute Gasteiger partial charge is 0.358 e. The van der Waals surface area contributed by atoms with E-state index in [-0.39, 0.29) is 36.6 Å². The molecule has 0 spiro atoms. The van der Waals surface area contributed by atoms with Crippen LogP contribution in [0.25, 0.3) is 0 Å². The summed E-state index contributed by atoms with van der Waals surface area (Å²) in [4.78, 5) is 0. The maximum atomic E-state index is 3.31. The third-order valence-electron chi connectivity index (χ3n) is 1.98. The van der Waals surface area contributed by atoms with E-state index in [1.54, 1.807) is 0 Å². The first-order chi connectivity index (χ1) is 4.04. The van der Waals surface area contributed by atoms with Crippen molar-refractivity contribution in [1.29, 1.82) is 0 Å². The van der Waals surface area contributed by atoms with Gasteiger partial charge in [-0.05, 0) is 0 Å². The summed E-state index contributed by atoms with van der Waals surface area (Å²) in [7, 11) is 1.33. The van der Waals surface area contributed by atoms with Gasteiger partial charge in [-0.25, -0.2) is 25.1 Å². The average Bonchev–Trinajstić information content (AvgIpc) is 1.97. The molecule has 1 aliphatic heterocycles. The van der Waals surface area contributed by atoms with Crippen molar-refractivity contribution in [2.45, 2.75) is 32.9 Å². The molecule has 12 heavy (non-hydrogen) atoms. The number of hydrogen-bond acceptors (Lipinski definition) is 0. The van der Waals surface area contributed by atoms with Gasteiger partial charge in [-0.15, -0.1) is 6.92 Å². The molecule has 0 saturated heterocycles. The molecule has 0 saturated carbocycles. The van der Waals surface area contributed by atoms with Crippen molar-refractivity contribution in [2.75, 3.05) is 0 Å². The molecular weight excluding hydrogens is 199 g/mol. The van der Waals surface area contributed by atoms with Gasteiger partial charge in [0.15, 0.2) is 0 Å². The van der Waals surface area contributed by atoms with E-state index in [4.69, 9.17) is 0 Å². The monoisotopic (exact) mass is 217 g/mol. The summed E-state index contributed by atoms with van der Waals surface area (Å²) in [5.74, 6) is 3.31. The van der Waals surface area contributed by atoms with Crippen molar-refractivity contribution in [1.82, 2.24) is 0 Å². The molecule has 0 bridgehead atoms. The summed E-state index contributed by atoms with van der Waals surface area (Å²) in [5.41, 5.74) is 2.84. The fourth-order valence-corrected chi connectivity index (χ4v) is 1.80. The predicted octanol–water partition coefficient (Wildman–Crippen LogP) is 3.64. The fourth-order valence-electron chi connectivity index (χ4n) is 0.850. The Morgan fingerprint density at radius 2 is 1.58 bits per heavy atom. The van der Waals surface area contributed by atoms with Gasteiger partial charge in [-0.1, -0.05) is 25.9 Å². The minimum absolute atomic E-state index is 0. The third-order valence-corrected chi connectivity index (χ3v) is 3.32. The van der Waals surface area contributed by atoms with Crippen molar-refractivity contribution < 1.29 is 21.7 Å². The largest absolute Gasteiger partial charge is 3.00 e. The van der Waals surface area contributed by atoms with E-state index in [0.717, 1.165) is 0 Å². The van der Waals surface area contributed by atoms with Crippen LogP contribution in [0.1, 0.15) is 27.7 Å². The SMILES string of the molecule is CC1=C(C)C(C)(C)P=[C-]1.[CH3-].[CH3-].[Ti+3]. The molecule has 0 fully saturated rings. The molecule has 0 unspecified atom stereocenters. The van der Waals surface area contributed by atoms with Crippen LogP contribution in [0.5, 0.6) is 0 Å². The van der Waals surface area contributed by atoms with Crippen LogP contribution >= 0.6 is 8.20 Å². The van der Waals surface area contributed by atoms with Gasteiger partial charge in [0.1, 0.15) is 0 Å². The van der Waals surface area contributed by atoms with E-state index in [1.807, 2.05) is 0 Å². The predicted molar refractivity (Wildman–Crippen MR) is 57.2 cm³/mol. The Morgan fingerprint density at radius 1 is 1.17 bits per heavy atom. The van der Waals surface area contributed by atoms with Gasteiger partial charge in [-0.3, -0.25) is 0 Å². The van der Waals surface area contributed by atoms with Crippen molar-refractivity contribution in [3.8, 4) is 0 Å². The van der Waals surface area contributed by atoms with Crippen LogP contribution in [-0.4, -0.2) is 11.0 Å². The normalized spacial score (nSPS) is 19.0. The molecular formula is C10H18PTi. The Hall–Kier alpha value is 0.624. The first-order valence-electron chi connectivity index (χ1n) is 3.20. The second-order valence-corrected chi connectivity index (χ2v) is 4.60. The second-order valence-electron chi connectivity index (χ2n) is 3.03. The van der Waals surface area contributed by atoms with Crippen molar-refractivity contribution in [2.24, 2.45) is 0 Å². The molecule has 0 aliphatic carbocycles. The Balaban J connectivity index is -0.000000270. The van der Waals surface area contributed by atoms with E-state index in [2.05, 4.69) is 33.5 Å². The maximum absolute atomic E-state index is 3.31. The number of rotatable bonds is 0. The van der Waals surface area contributed by atoms with Gasteiger partial charge in [0.05, 0.1) is 0 Å². The minimum Gasteiger partial charge on any atom is -0.358 e. The standard InChI is InChI=1S/C8H12P.2CH3.Ti/c1-6-5-9-8(3,4)7(6)2;;;/h1-4H3;2*1H3;/q3*-1;+3. The molecule has 0 aromatic rings. The number of hydrogen-bond donors (Lipinski definition) is 0. The molecule has 1 rings (SSSR count). The van der Waals surface area contributed by atoms with E-state index < -0.39 is 0 Å². The molecule has 67 valence electrons. The van der Waals surface area contributed by atoms with Crippen LogP contribution in [0, 0.1) is 14.9 Å². The third kappa shape index (κ3) is 3.56. The Kier molecular flexibility index (Phi) is 9.42. The average molecular weight is 217 g/mol. The summed E-state index contributed by atoms with van der Waals surface area (Å²) in [6.07, 6.45) is 0.